The third-order valence-electron chi connectivity index (χ3n) is 3.63. The van der Waals surface area contributed by atoms with Crippen molar-refractivity contribution in [1.29, 1.82) is 0 Å². The zero-order chi connectivity index (χ0) is 13.7. The minimum absolute atomic E-state index is 0.104. The van der Waals surface area contributed by atoms with Gasteiger partial charge in [0.05, 0.1) is 6.10 Å². The van der Waals surface area contributed by atoms with Gasteiger partial charge in [-0.2, -0.15) is 0 Å². The largest absolute Gasteiger partial charge is 0.378 e. The van der Waals surface area contributed by atoms with Gasteiger partial charge < -0.3 is 10.5 Å². The second-order valence-corrected chi connectivity index (χ2v) is 6.12. The van der Waals surface area contributed by atoms with Crippen LogP contribution in [0.4, 0.5) is 4.39 Å². The first-order chi connectivity index (χ1) is 9.15. The number of hydrogen-bond donors (Lipinski definition) is 1. The summed E-state index contributed by atoms with van der Waals surface area (Å²) in [5.74, 6) is -0.222. The lowest BCUT2D eigenvalue weighted by molar-refractivity contribution is 0.00915. The standard InChI is InChI=1S/C15H21BrFNO/c16-15-10-12(17)5-4-11(15)9-13(18)6-7-14-3-1-2-8-19-14/h4-5,10,13-14H,1-3,6-9,18H2. The Hall–Kier alpha value is -0.450. The smallest absolute Gasteiger partial charge is 0.124 e. The van der Waals surface area contributed by atoms with Gasteiger partial charge in [0, 0.05) is 17.1 Å². The maximum atomic E-state index is 13.0. The van der Waals surface area contributed by atoms with Crippen molar-refractivity contribution in [2.75, 3.05) is 6.61 Å². The monoisotopic (exact) mass is 329 g/mol. The summed E-state index contributed by atoms with van der Waals surface area (Å²) in [5, 5.41) is 0. The summed E-state index contributed by atoms with van der Waals surface area (Å²) in [6.45, 7) is 0.892. The summed E-state index contributed by atoms with van der Waals surface area (Å²) in [6, 6.07) is 4.88. The molecule has 1 aliphatic rings. The van der Waals surface area contributed by atoms with Gasteiger partial charge in [-0.1, -0.05) is 22.0 Å². The Balaban J connectivity index is 1.78. The first-order valence-electron chi connectivity index (χ1n) is 6.96. The number of halogens is 2. The van der Waals surface area contributed by atoms with Crippen molar-refractivity contribution in [3.05, 3.63) is 34.1 Å². The highest BCUT2D eigenvalue weighted by Crippen LogP contribution is 2.22. The van der Waals surface area contributed by atoms with E-state index in [1.165, 1.54) is 25.0 Å². The molecule has 0 aromatic heterocycles. The number of nitrogens with two attached hydrogens (primary N) is 1. The Kier molecular flexibility index (Phi) is 5.79. The molecule has 2 rings (SSSR count). The Morgan fingerprint density at radius 3 is 2.95 bits per heavy atom. The van der Waals surface area contributed by atoms with Crippen LogP contribution in [0.25, 0.3) is 0 Å². The summed E-state index contributed by atoms with van der Waals surface area (Å²) >= 11 is 3.38. The molecule has 1 fully saturated rings. The molecule has 0 radical (unpaired) electrons. The predicted octanol–water partition coefficient (Wildman–Crippen LogP) is 3.81. The normalized spacial score (nSPS) is 21.3. The average Bonchev–Trinajstić information content (AvgIpc) is 2.41. The first kappa shape index (κ1) is 14.9. The molecule has 2 nitrogen and oxygen atoms in total. The molecule has 2 N–H and O–H groups in total. The molecule has 0 amide bonds. The molecule has 1 saturated heterocycles. The van der Waals surface area contributed by atoms with E-state index in [1.807, 2.05) is 0 Å². The molecular formula is C15H21BrFNO. The molecule has 0 aliphatic carbocycles. The van der Waals surface area contributed by atoms with Crippen molar-refractivity contribution in [2.45, 2.75) is 50.7 Å². The Morgan fingerprint density at radius 1 is 1.42 bits per heavy atom. The Bertz CT molecular complexity index is 407. The summed E-state index contributed by atoms with van der Waals surface area (Å²) in [4.78, 5) is 0. The molecule has 1 aromatic carbocycles. The quantitative estimate of drug-likeness (QED) is 0.891. The van der Waals surface area contributed by atoms with E-state index >= 15 is 0 Å². The van der Waals surface area contributed by atoms with Crippen molar-refractivity contribution in [2.24, 2.45) is 5.73 Å². The van der Waals surface area contributed by atoms with E-state index in [-0.39, 0.29) is 11.9 Å². The van der Waals surface area contributed by atoms with Crippen LogP contribution in [0.2, 0.25) is 0 Å². The van der Waals surface area contributed by atoms with Gasteiger partial charge in [0.15, 0.2) is 0 Å². The fourth-order valence-electron chi connectivity index (χ4n) is 2.51. The highest BCUT2D eigenvalue weighted by Gasteiger charge is 2.15. The van der Waals surface area contributed by atoms with Crippen molar-refractivity contribution in [3.63, 3.8) is 0 Å². The highest BCUT2D eigenvalue weighted by atomic mass is 79.9. The van der Waals surface area contributed by atoms with Crippen molar-refractivity contribution >= 4 is 15.9 Å². The first-order valence-corrected chi connectivity index (χ1v) is 7.75. The number of ether oxygens (including phenoxy) is 1. The van der Waals surface area contributed by atoms with Crippen molar-refractivity contribution in [1.82, 2.24) is 0 Å². The van der Waals surface area contributed by atoms with Gasteiger partial charge in [-0.05, 0) is 56.2 Å². The van der Waals surface area contributed by atoms with Crippen LogP contribution in [0.1, 0.15) is 37.7 Å². The minimum atomic E-state index is -0.222. The van der Waals surface area contributed by atoms with E-state index in [1.54, 1.807) is 6.07 Å². The summed E-state index contributed by atoms with van der Waals surface area (Å²) in [6.07, 6.45) is 6.75. The number of rotatable bonds is 5. The van der Waals surface area contributed by atoms with E-state index < -0.39 is 0 Å². The van der Waals surface area contributed by atoms with E-state index in [0.29, 0.717) is 6.10 Å². The van der Waals surface area contributed by atoms with Crippen LogP contribution >= 0.6 is 15.9 Å². The number of benzene rings is 1. The third kappa shape index (κ3) is 4.86. The van der Waals surface area contributed by atoms with E-state index in [2.05, 4.69) is 15.9 Å². The molecular weight excluding hydrogens is 309 g/mol. The maximum Gasteiger partial charge on any atom is 0.124 e. The fourth-order valence-corrected chi connectivity index (χ4v) is 3.02. The van der Waals surface area contributed by atoms with Crippen LogP contribution in [-0.4, -0.2) is 18.8 Å². The topological polar surface area (TPSA) is 35.2 Å². The molecule has 106 valence electrons. The zero-order valence-electron chi connectivity index (χ0n) is 11.1. The average molecular weight is 330 g/mol. The summed E-state index contributed by atoms with van der Waals surface area (Å²) in [7, 11) is 0. The molecule has 1 heterocycles. The molecule has 0 spiro atoms. The van der Waals surface area contributed by atoms with Crippen LogP contribution in [0.15, 0.2) is 22.7 Å². The van der Waals surface area contributed by atoms with Crippen molar-refractivity contribution in [3.8, 4) is 0 Å². The van der Waals surface area contributed by atoms with Crippen LogP contribution in [0.5, 0.6) is 0 Å². The van der Waals surface area contributed by atoms with Crippen LogP contribution in [0.3, 0.4) is 0 Å². The number of hydrogen-bond acceptors (Lipinski definition) is 2. The van der Waals surface area contributed by atoms with Gasteiger partial charge in [0.25, 0.3) is 0 Å². The van der Waals surface area contributed by atoms with Gasteiger partial charge >= 0.3 is 0 Å². The molecule has 0 saturated carbocycles. The Morgan fingerprint density at radius 2 is 2.26 bits per heavy atom. The van der Waals surface area contributed by atoms with Crippen LogP contribution in [-0.2, 0) is 11.2 Å². The van der Waals surface area contributed by atoms with Gasteiger partial charge in [-0.3, -0.25) is 0 Å². The predicted molar refractivity (Wildman–Crippen MR) is 78.6 cm³/mol. The zero-order valence-corrected chi connectivity index (χ0v) is 12.7. The molecule has 1 aliphatic heterocycles. The van der Waals surface area contributed by atoms with E-state index in [9.17, 15) is 4.39 Å². The van der Waals surface area contributed by atoms with Crippen molar-refractivity contribution < 1.29 is 9.13 Å². The van der Waals surface area contributed by atoms with E-state index in [0.717, 1.165) is 42.3 Å². The summed E-state index contributed by atoms with van der Waals surface area (Å²) < 4.78 is 19.5. The molecule has 2 unspecified atom stereocenters. The lowest BCUT2D eigenvalue weighted by atomic mass is 9.98. The fraction of sp³-hybridized carbons (Fsp3) is 0.600. The second kappa shape index (κ2) is 7.36. The summed E-state index contributed by atoms with van der Waals surface area (Å²) in [5.41, 5.74) is 7.23. The van der Waals surface area contributed by atoms with Gasteiger partial charge in [-0.25, -0.2) is 4.39 Å². The molecule has 0 bridgehead atoms. The minimum Gasteiger partial charge on any atom is -0.378 e. The van der Waals surface area contributed by atoms with Crippen LogP contribution < -0.4 is 5.73 Å². The molecule has 2 atom stereocenters. The highest BCUT2D eigenvalue weighted by molar-refractivity contribution is 9.10. The van der Waals surface area contributed by atoms with Crippen LogP contribution in [0, 0.1) is 5.82 Å². The maximum absolute atomic E-state index is 13.0. The van der Waals surface area contributed by atoms with E-state index in [4.69, 9.17) is 10.5 Å². The second-order valence-electron chi connectivity index (χ2n) is 5.27. The molecule has 4 heteroatoms. The lowest BCUT2D eigenvalue weighted by Gasteiger charge is -2.23. The van der Waals surface area contributed by atoms with Gasteiger partial charge in [0.1, 0.15) is 5.82 Å². The third-order valence-corrected chi connectivity index (χ3v) is 4.37. The van der Waals surface area contributed by atoms with Gasteiger partial charge in [0.2, 0.25) is 0 Å². The SMILES string of the molecule is NC(CCC1CCCCO1)Cc1ccc(F)cc1Br. The molecule has 19 heavy (non-hydrogen) atoms. The Labute approximate surface area is 122 Å². The van der Waals surface area contributed by atoms with Gasteiger partial charge in [-0.15, -0.1) is 0 Å². The molecule has 1 aromatic rings. The lowest BCUT2D eigenvalue weighted by Crippen LogP contribution is -2.27.